The number of hydrogen-bond acceptors (Lipinski definition) is 2. The Bertz CT molecular complexity index is 472. The minimum Gasteiger partial charge on any atom is -0.478 e. The molecule has 0 saturated heterocycles. The molecule has 0 atom stereocenters. The average molecular weight is 287 g/mol. The average Bonchev–Trinajstić information content (AvgIpc) is 3.32. The molecule has 0 unspecified atom stereocenters. The molecule has 0 amide bonds. The van der Waals surface area contributed by atoms with E-state index in [0.29, 0.717) is 5.56 Å². The maximum Gasteiger partial charge on any atom is 0.335 e. The van der Waals surface area contributed by atoms with Crippen LogP contribution in [0.1, 0.15) is 60.9 Å². The molecule has 3 nitrogen and oxygen atoms in total. The Labute approximate surface area is 127 Å². The van der Waals surface area contributed by atoms with Gasteiger partial charge < -0.3 is 5.11 Å². The molecule has 1 aromatic carbocycles. The number of nitrogens with zero attached hydrogens (tertiary/aromatic N) is 1. The Morgan fingerprint density at radius 1 is 1.05 bits per heavy atom. The van der Waals surface area contributed by atoms with Crippen LogP contribution in [0.4, 0.5) is 0 Å². The van der Waals surface area contributed by atoms with Gasteiger partial charge in [0.2, 0.25) is 0 Å². The molecule has 0 spiro atoms. The molecule has 114 valence electrons. The molecule has 1 N–H and O–H groups in total. The number of hydrogen-bond donors (Lipinski definition) is 1. The van der Waals surface area contributed by atoms with Crippen LogP contribution in [-0.4, -0.2) is 28.6 Å². The van der Waals surface area contributed by atoms with Crippen LogP contribution in [0.5, 0.6) is 0 Å². The summed E-state index contributed by atoms with van der Waals surface area (Å²) in [6.07, 6.45) is 9.57. The summed E-state index contributed by atoms with van der Waals surface area (Å²) < 4.78 is 0. The van der Waals surface area contributed by atoms with Crippen LogP contribution in [0, 0.1) is 5.92 Å². The zero-order valence-electron chi connectivity index (χ0n) is 12.6. The molecule has 0 aliphatic heterocycles. The minimum atomic E-state index is -0.844. The van der Waals surface area contributed by atoms with Gasteiger partial charge in [0.15, 0.2) is 0 Å². The van der Waals surface area contributed by atoms with E-state index in [1.54, 1.807) is 12.1 Å². The van der Waals surface area contributed by atoms with E-state index in [1.165, 1.54) is 57.1 Å². The first-order valence-electron chi connectivity index (χ1n) is 8.28. The van der Waals surface area contributed by atoms with Gasteiger partial charge in [-0.25, -0.2) is 4.79 Å². The quantitative estimate of drug-likeness (QED) is 0.862. The summed E-state index contributed by atoms with van der Waals surface area (Å²) in [6, 6.07) is 8.15. The summed E-state index contributed by atoms with van der Waals surface area (Å²) in [5, 5.41) is 8.98. The summed E-state index contributed by atoms with van der Waals surface area (Å²) in [4.78, 5) is 13.6. The van der Waals surface area contributed by atoms with Crippen LogP contribution >= 0.6 is 0 Å². The first-order valence-corrected chi connectivity index (χ1v) is 8.28. The third kappa shape index (κ3) is 4.07. The summed E-state index contributed by atoms with van der Waals surface area (Å²) in [5.41, 5.74) is 1.62. The lowest BCUT2D eigenvalue weighted by atomic mass is 9.93. The van der Waals surface area contributed by atoms with Gasteiger partial charge in [-0.05, 0) is 49.3 Å². The Balaban J connectivity index is 1.65. The smallest absolute Gasteiger partial charge is 0.335 e. The van der Waals surface area contributed by atoms with Crippen molar-refractivity contribution in [3.05, 3.63) is 35.4 Å². The van der Waals surface area contributed by atoms with Crippen molar-refractivity contribution in [3.8, 4) is 0 Å². The predicted octanol–water partition coefficient (Wildman–Crippen LogP) is 3.93. The molecular formula is C18H25NO2. The van der Waals surface area contributed by atoms with E-state index in [-0.39, 0.29) is 0 Å². The standard InChI is InChI=1S/C18H25NO2/c20-18(21)16-10-8-15(9-11-16)13-19(12-14-6-7-14)17-4-2-1-3-5-17/h8-11,14,17H,1-7,12-13H2,(H,20,21). The number of rotatable bonds is 6. The Hall–Kier alpha value is -1.35. The Morgan fingerprint density at radius 3 is 2.29 bits per heavy atom. The maximum atomic E-state index is 10.9. The van der Waals surface area contributed by atoms with Crippen LogP contribution in [0.2, 0.25) is 0 Å². The van der Waals surface area contributed by atoms with Crippen molar-refractivity contribution in [1.29, 1.82) is 0 Å². The van der Waals surface area contributed by atoms with Crippen molar-refractivity contribution >= 4 is 5.97 Å². The molecule has 1 aromatic rings. The molecule has 2 fully saturated rings. The second kappa shape index (κ2) is 6.61. The van der Waals surface area contributed by atoms with E-state index < -0.39 is 5.97 Å². The topological polar surface area (TPSA) is 40.5 Å². The Kier molecular flexibility index (Phi) is 4.59. The van der Waals surface area contributed by atoms with Gasteiger partial charge in [0, 0.05) is 19.1 Å². The molecule has 0 aromatic heterocycles. The third-order valence-corrected chi connectivity index (χ3v) is 4.87. The predicted molar refractivity (Wildman–Crippen MR) is 83.4 cm³/mol. The van der Waals surface area contributed by atoms with Crippen LogP contribution in [0.15, 0.2) is 24.3 Å². The van der Waals surface area contributed by atoms with E-state index in [0.717, 1.165) is 18.5 Å². The molecule has 3 rings (SSSR count). The number of carbonyl (C=O) groups is 1. The van der Waals surface area contributed by atoms with Crippen molar-refractivity contribution in [2.45, 2.75) is 57.5 Å². The third-order valence-electron chi connectivity index (χ3n) is 4.87. The molecule has 0 bridgehead atoms. The lowest BCUT2D eigenvalue weighted by Crippen LogP contribution is -2.37. The van der Waals surface area contributed by atoms with Crippen molar-refractivity contribution in [1.82, 2.24) is 4.90 Å². The van der Waals surface area contributed by atoms with Gasteiger partial charge in [0.25, 0.3) is 0 Å². The van der Waals surface area contributed by atoms with Crippen LogP contribution in [0.25, 0.3) is 0 Å². The summed E-state index contributed by atoms with van der Waals surface area (Å²) in [5.74, 6) is 0.0638. The summed E-state index contributed by atoms with van der Waals surface area (Å²) in [6.45, 7) is 2.20. The van der Waals surface area contributed by atoms with E-state index in [1.807, 2.05) is 12.1 Å². The fourth-order valence-corrected chi connectivity index (χ4v) is 3.41. The zero-order chi connectivity index (χ0) is 14.7. The molecular weight excluding hydrogens is 262 g/mol. The van der Waals surface area contributed by atoms with E-state index in [9.17, 15) is 4.79 Å². The van der Waals surface area contributed by atoms with E-state index >= 15 is 0 Å². The highest BCUT2D eigenvalue weighted by Gasteiger charge is 2.28. The van der Waals surface area contributed by atoms with Gasteiger partial charge in [-0.15, -0.1) is 0 Å². The number of aromatic carboxylic acids is 1. The molecule has 2 aliphatic carbocycles. The van der Waals surface area contributed by atoms with Crippen molar-refractivity contribution in [3.63, 3.8) is 0 Å². The minimum absolute atomic E-state index is 0.380. The highest BCUT2D eigenvalue weighted by Crippen LogP contribution is 2.33. The van der Waals surface area contributed by atoms with Crippen LogP contribution in [-0.2, 0) is 6.54 Å². The number of carboxylic acid groups (broad SMARTS) is 1. The normalized spacial score (nSPS) is 19.9. The van der Waals surface area contributed by atoms with Gasteiger partial charge in [0.05, 0.1) is 5.56 Å². The molecule has 21 heavy (non-hydrogen) atoms. The number of benzene rings is 1. The molecule has 2 saturated carbocycles. The number of carboxylic acids is 1. The van der Waals surface area contributed by atoms with Gasteiger partial charge in [-0.1, -0.05) is 31.4 Å². The second-order valence-electron chi connectivity index (χ2n) is 6.67. The Morgan fingerprint density at radius 2 is 1.71 bits per heavy atom. The van der Waals surface area contributed by atoms with Crippen molar-refractivity contribution in [2.75, 3.05) is 6.54 Å². The van der Waals surface area contributed by atoms with Gasteiger partial charge in [0.1, 0.15) is 0 Å². The van der Waals surface area contributed by atoms with Crippen molar-refractivity contribution < 1.29 is 9.90 Å². The lowest BCUT2D eigenvalue weighted by Gasteiger charge is -2.34. The first-order chi connectivity index (χ1) is 10.2. The second-order valence-corrected chi connectivity index (χ2v) is 6.67. The monoisotopic (exact) mass is 287 g/mol. The molecule has 3 heteroatoms. The molecule has 0 radical (unpaired) electrons. The maximum absolute atomic E-state index is 10.9. The molecule has 0 heterocycles. The summed E-state index contributed by atoms with van der Waals surface area (Å²) >= 11 is 0. The highest BCUT2D eigenvalue weighted by atomic mass is 16.4. The van der Waals surface area contributed by atoms with E-state index in [2.05, 4.69) is 4.90 Å². The van der Waals surface area contributed by atoms with Gasteiger partial charge in [-0.2, -0.15) is 0 Å². The van der Waals surface area contributed by atoms with Crippen LogP contribution < -0.4 is 0 Å². The zero-order valence-corrected chi connectivity index (χ0v) is 12.6. The largest absolute Gasteiger partial charge is 0.478 e. The van der Waals surface area contributed by atoms with Gasteiger partial charge in [-0.3, -0.25) is 4.90 Å². The van der Waals surface area contributed by atoms with Crippen LogP contribution in [0.3, 0.4) is 0 Å². The lowest BCUT2D eigenvalue weighted by molar-refractivity contribution is 0.0697. The SMILES string of the molecule is O=C(O)c1ccc(CN(CC2CC2)C2CCCCC2)cc1. The molecule has 2 aliphatic rings. The van der Waals surface area contributed by atoms with E-state index in [4.69, 9.17) is 5.11 Å². The fourth-order valence-electron chi connectivity index (χ4n) is 3.41. The fraction of sp³-hybridized carbons (Fsp3) is 0.611. The first kappa shape index (κ1) is 14.6. The van der Waals surface area contributed by atoms with Crippen molar-refractivity contribution in [2.24, 2.45) is 5.92 Å². The highest BCUT2D eigenvalue weighted by molar-refractivity contribution is 5.87. The summed E-state index contributed by atoms with van der Waals surface area (Å²) in [7, 11) is 0. The van der Waals surface area contributed by atoms with Gasteiger partial charge >= 0.3 is 5.97 Å².